The third-order valence-corrected chi connectivity index (χ3v) is 3.24. The molecule has 2 rings (SSSR count). The number of nitrogens with two attached hydrogens (primary N) is 1. The summed E-state index contributed by atoms with van der Waals surface area (Å²) in [5, 5.41) is 0. The van der Waals surface area contributed by atoms with Gasteiger partial charge in [0, 0.05) is 10.7 Å². The molecule has 0 spiro atoms. The number of aryl methyl sites for hydroxylation is 1. The van der Waals surface area contributed by atoms with Gasteiger partial charge in [-0.05, 0) is 52.5 Å². The van der Waals surface area contributed by atoms with E-state index in [1.807, 2.05) is 12.1 Å². The van der Waals surface area contributed by atoms with Gasteiger partial charge in [0.1, 0.15) is 5.75 Å². The van der Waals surface area contributed by atoms with E-state index in [4.69, 9.17) is 10.5 Å². The van der Waals surface area contributed by atoms with E-state index in [1.165, 1.54) is 18.4 Å². The molecule has 0 fully saturated rings. The van der Waals surface area contributed by atoms with Crippen LogP contribution < -0.4 is 10.5 Å². The van der Waals surface area contributed by atoms with Crippen LogP contribution >= 0.6 is 15.9 Å². The van der Waals surface area contributed by atoms with Gasteiger partial charge in [0.15, 0.2) is 0 Å². The van der Waals surface area contributed by atoms with Gasteiger partial charge in [0.25, 0.3) is 0 Å². The van der Waals surface area contributed by atoms with Crippen LogP contribution in [0.1, 0.15) is 25.3 Å². The van der Waals surface area contributed by atoms with Crippen LogP contribution in [0.5, 0.6) is 11.6 Å². The number of unbranched alkanes of at least 4 members (excludes halogenated alkanes) is 1. The molecule has 0 amide bonds. The van der Waals surface area contributed by atoms with Crippen molar-refractivity contribution in [3.63, 3.8) is 0 Å². The molecule has 0 radical (unpaired) electrons. The Morgan fingerprint density at radius 3 is 2.63 bits per heavy atom. The van der Waals surface area contributed by atoms with Crippen LogP contribution in [0.3, 0.4) is 0 Å². The molecule has 0 atom stereocenters. The van der Waals surface area contributed by atoms with Gasteiger partial charge >= 0.3 is 0 Å². The molecule has 100 valence electrons. The fraction of sp³-hybridized carbons (Fsp3) is 0.267. The van der Waals surface area contributed by atoms with Crippen molar-refractivity contribution in [2.75, 3.05) is 5.73 Å². The van der Waals surface area contributed by atoms with Gasteiger partial charge in [-0.2, -0.15) is 0 Å². The second-order valence-electron chi connectivity index (χ2n) is 4.40. The van der Waals surface area contributed by atoms with Crippen LogP contribution in [0, 0.1) is 0 Å². The van der Waals surface area contributed by atoms with Crippen molar-refractivity contribution in [1.82, 2.24) is 4.98 Å². The van der Waals surface area contributed by atoms with Gasteiger partial charge < -0.3 is 10.5 Å². The molecule has 0 saturated carbocycles. The number of hydrogen-bond donors (Lipinski definition) is 1. The van der Waals surface area contributed by atoms with Gasteiger partial charge in [-0.15, -0.1) is 0 Å². The highest BCUT2D eigenvalue weighted by Crippen LogP contribution is 2.27. The third-order valence-electron chi connectivity index (χ3n) is 2.80. The average molecular weight is 321 g/mol. The highest BCUT2D eigenvalue weighted by molar-refractivity contribution is 9.10. The van der Waals surface area contributed by atoms with Gasteiger partial charge in [-0.1, -0.05) is 25.5 Å². The predicted octanol–water partition coefficient (Wildman–Crippen LogP) is 4.56. The Bertz CT molecular complexity index is 540. The Labute approximate surface area is 121 Å². The first-order chi connectivity index (χ1) is 9.19. The maximum absolute atomic E-state index is 5.85. The van der Waals surface area contributed by atoms with Crippen LogP contribution in [0.25, 0.3) is 0 Å². The normalized spacial score (nSPS) is 10.4. The summed E-state index contributed by atoms with van der Waals surface area (Å²) in [4.78, 5) is 4.15. The molecule has 1 aromatic carbocycles. The lowest BCUT2D eigenvalue weighted by molar-refractivity contribution is 0.465. The Morgan fingerprint density at radius 1 is 1.26 bits per heavy atom. The molecule has 4 heteroatoms. The Morgan fingerprint density at radius 2 is 2.00 bits per heavy atom. The predicted molar refractivity (Wildman–Crippen MR) is 81.5 cm³/mol. The maximum atomic E-state index is 5.85. The summed E-state index contributed by atoms with van der Waals surface area (Å²) in [6.45, 7) is 2.19. The van der Waals surface area contributed by atoms with Crippen LogP contribution in [0.2, 0.25) is 0 Å². The lowest BCUT2D eigenvalue weighted by Gasteiger charge is -2.08. The quantitative estimate of drug-likeness (QED) is 0.878. The maximum Gasteiger partial charge on any atom is 0.242 e. The van der Waals surface area contributed by atoms with Crippen LogP contribution in [-0.4, -0.2) is 4.98 Å². The van der Waals surface area contributed by atoms with Crippen LogP contribution in [-0.2, 0) is 6.42 Å². The van der Waals surface area contributed by atoms with E-state index in [0.717, 1.165) is 16.6 Å². The number of hydrogen-bond acceptors (Lipinski definition) is 3. The van der Waals surface area contributed by atoms with Crippen molar-refractivity contribution < 1.29 is 4.74 Å². The average Bonchev–Trinajstić information content (AvgIpc) is 2.41. The lowest BCUT2D eigenvalue weighted by Crippen LogP contribution is -1.95. The minimum absolute atomic E-state index is 0.435. The molecule has 0 saturated heterocycles. The van der Waals surface area contributed by atoms with Gasteiger partial charge in [0.05, 0.1) is 5.69 Å². The second kappa shape index (κ2) is 6.57. The zero-order valence-electron chi connectivity index (χ0n) is 10.9. The monoisotopic (exact) mass is 320 g/mol. The topological polar surface area (TPSA) is 48.1 Å². The summed E-state index contributed by atoms with van der Waals surface area (Å²) in [5.74, 6) is 1.19. The number of pyridine rings is 1. The highest BCUT2D eigenvalue weighted by atomic mass is 79.9. The highest BCUT2D eigenvalue weighted by Gasteiger charge is 2.04. The Kier molecular flexibility index (Phi) is 4.80. The smallest absolute Gasteiger partial charge is 0.242 e. The summed E-state index contributed by atoms with van der Waals surface area (Å²) < 4.78 is 6.51. The molecular formula is C15H17BrN2O. The van der Waals surface area contributed by atoms with Crippen molar-refractivity contribution in [3.05, 3.63) is 46.6 Å². The van der Waals surface area contributed by atoms with Crippen molar-refractivity contribution in [2.45, 2.75) is 26.2 Å². The summed E-state index contributed by atoms with van der Waals surface area (Å²) in [6.07, 6.45) is 5.19. The number of aromatic nitrogens is 1. The third kappa shape index (κ3) is 3.96. The minimum atomic E-state index is 0.435. The SMILES string of the molecule is CCCCc1ccc(Oc2ncc(Br)cc2N)cc1. The standard InChI is InChI=1S/C15H17BrN2O/c1-2-3-4-11-5-7-13(8-6-11)19-15-14(17)9-12(16)10-18-15/h5-10H,2-4,17H2,1H3. The van der Waals surface area contributed by atoms with E-state index >= 15 is 0 Å². The van der Waals surface area contributed by atoms with E-state index in [9.17, 15) is 0 Å². The van der Waals surface area contributed by atoms with Gasteiger partial charge in [-0.25, -0.2) is 4.98 Å². The number of halogens is 1. The van der Waals surface area contributed by atoms with Gasteiger partial charge in [-0.3, -0.25) is 0 Å². The minimum Gasteiger partial charge on any atom is -0.437 e. The summed E-state index contributed by atoms with van der Waals surface area (Å²) in [5.41, 5.74) is 7.69. The fourth-order valence-electron chi connectivity index (χ4n) is 1.74. The van der Waals surface area contributed by atoms with E-state index in [1.54, 1.807) is 12.3 Å². The van der Waals surface area contributed by atoms with Crippen molar-refractivity contribution in [1.29, 1.82) is 0 Å². The molecule has 0 bridgehead atoms. The number of benzene rings is 1. The molecule has 0 aliphatic rings. The molecule has 1 aromatic heterocycles. The van der Waals surface area contributed by atoms with Crippen molar-refractivity contribution in [2.24, 2.45) is 0 Å². The van der Waals surface area contributed by atoms with E-state index < -0.39 is 0 Å². The first-order valence-electron chi connectivity index (χ1n) is 6.37. The number of anilines is 1. The molecule has 0 aliphatic heterocycles. The zero-order valence-corrected chi connectivity index (χ0v) is 12.5. The largest absolute Gasteiger partial charge is 0.437 e. The van der Waals surface area contributed by atoms with Crippen LogP contribution in [0.15, 0.2) is 41.0 Å². The lowest BCUT2D eigenvalue weighted by atomic mass is 10.1. The molecule has 2 aromatic rings. The molecule has 3 nitrogen and oxygen atoms in total. The Hall–Kier alpha value is -1.55. The van der Waals surface area contributed by atoms with E-state index in [2.05, 4.69) is 40.0 Å². The first kappa shape index (κ1) is 13.9. The van der Waals surface area contributed by atoms with Crippen molar-refractivity contribution >= 4 is 21.6 Å². The number of nitrogen functional groups attached to an aromatic ring is 1. The second-order valence-corrected chi connectivity index (χ2v) is 5.31. The molecule has 0 aliphatic carbocycles. The summed E-state index contributed by atoms with van der Waals surface area (Å²) in [7, 11) is 0. The van der Waals surface area contributed by atoms with Crippen LogP contribution in [0.4, 0.5) is 5.69 Å². The molecular weight excluding hydrogens is 304 g/mol. The summed E-state index contributed by atoms with van der Waals surface area (Å²) >= 11 is 3.32. The molecule has 0 unspecified atom stereocenters. The fourth-order valence-corrected chi connectivity index (χ4v) is 2.09. The molecule has 19 heavy (non-hydrogen) atoms. The Balaban J connectivity index is 2.06. The van der Waals surface area contributed by atoms with Gasteiger partial charge in [0.2, 0.25) is 5.88 Å². The number of ether oxygens (including phenoxy) is 1. The number of rotatable bonds is 5. The molecule has 2 N–H and O–H groups in total. The van der Waals surface area contributed by atoms with Crippen molar-refractivity contribution in [3.8, 4) is 11.6 Å². The van der Waals surface area contributed by atoms with E-state index in [0.29, 0.717) is 11.6 Å². The molecule has 1 heterocycles. The zero-order chi connectivity index (χ0) is 13.7. The first-order valence-corrected chi connectivity index (χ1v) is 7.16. The number of nitrogens with zero attached hydrogens (tertiary/aromatic N) is 1. The summed E-state index contributed by atoms with van der Waals surface area (Å²) in [6, 6.07) is 9.85. The van der Waals surface area contributed by atoms with E-state index in [-0.39, 0.29) is 0 Å².